The molecule has 9 aromatic carbocycles. The number of rotatable bonds is 2. The van der Waals surface area contributed by atoms with E-state index in [0.29, 0.717) is 0 Å². The van der Waals surface area contributed by atoms with Gasteiger partial charge in [-0.25, -0.2) is 0 Å². The molecule has 0 spiro atoms. The zero-order chi connectivity index (χ0) is 33.2. The minimum Gasteiger partial charge on any atom is -0.135 e. The van der Waals surface area contributed by atoms with E-state index in [1.165, 1.54) is 115 Å². The molecule has 0 aliphatic carbocycles. The van der Waals surface area contributed by atoms with E-state index in [-0.39, 0.29) is 0 Å². The molecule has 0 aliphatic heterocycles. The van der Waals surface area contributed by atoms with Crippen molar-refractivity contribution in [1.29, 1.82) is 0 Å². The third-order valence-corrected chi connectivity index (χ3v) is 14.4. The van der Waals surface area contributed by atoms with Gasteiger partial charge in [-0.15, -0.1) is 34.0 Å². The summed E-state index contributed by atoms with van der Waals surface area (Å²) in [5, 5.41) is 15.9. The molecule has 12 aromatic rings. The molecule has 0 bridgehead atoms. The fourth-order valence-electron chi connectivity index (χ4n) is 8.61. The van der Waals surface area contributed by atoms with Gasteiger partial charge in [0, 0.05) is 65.9 Å². The summed E-state index contributed by atoms with van der Waals surface area (Å²) in [6, 6.07) is 59.2. The van der Waals surface area contributed by atoms with Crippen LogP contribution in [-0.2, 0) is 0 Å². The second-order valence-corrected chi connectivity index (χ2v) is 16.7. The third-order valence-electron chi connectivity index (χ3n) is 10.8. The lowest BCUT2D eigenvalue weighted by molar-refractivity contribution is 1.70. The van der Waals surface area contributed by atoms with Gasteiger partial charge < -0.3 is 0 Å². The molecule has 3 heterocycles. The standard InChI is InChI=1S/C48H26S3/c1-3-13-35-33(11-1)44(34-12-2-4-14-36(34)45(35)29-19-21-32-30-9-5-7-15-40(30)49-43(32)26-29)28-20-24-42-39(25-28)38-23-18-27-17-22-37-31-10-6-8-16-41(31)50-47(37)46(27)48(38)51-42/h1-26H. The van der Waals surface area contributed by atoms with Crippen LogP contribution in [0.3, 0.4) is 0 Å². The molecule has 0 unspecified atom stereocenters. The fraction of sp³-hybridized carbons (Fsp3) is 0. The highest BCUT2D eigenvalue weighted by atomic mass is 32.1. The van der Waals surface area contributed by atoms with Gasteiger partial charge in [0.05, 0.1) is 0 Å². The summed E-state index contributed by atoms with van der Waals surface area (Å²) in [5.41, 5.74) is 5.15. The van der Waals surface area contributed by atoms with Crippen LogP contribution in [0, 0.1) is 0 Å². The van der Waals surface area contributed by atoms with Crippen molar-refractivity contribution in [2.24, 2.45) is 0 Å². The lowest BCUT2D eigenvalue weighted by Gasteiger charge is -2.18. The lowest BCUT2D eigenvalue weighted by Crippen LogP contribution is -1.90. The van der Waals surface area contributed by atoms with Crippen molar-refractivity contribution in [2.45, 2.75) is 0 Å². The average Bonchev–Trinajstić information content (AvgIpc) is 3.87. The number of benzene rings is 9. The van der Waals surface area contributed by atoms with Crippen LogP contribution in [0.25, 0.3) is 115 Å². The maximum absolute atomic E-state index is 2.46. The lowest BCUT2D eigenvalue weighted by atomic mass is 9.85. The molecule has 236 valence electrons. The van der Waals surface area contributed by atoms with Crippen LogP contribution in [0.1, 0.15) is 0 Å². The Kier molecular flexibility index (Phi) is 5.78. The van der Waals surface area contributed by atoms with Crippen molar-refractivity contribution in [3.8, 4) is 22.3 Å². The summed E-state index contributed by atoms with van der Waals surface area (Å²) in [6.45, 7) is 0. The SMILES string of the molecule is c1ccc2c(c1)sc1cc(-c3c4ccccc4c(-c4ccc5sc6c(ccc7ccc8c9ccccc9sc8c76)c5c4)c4ccccc34)ccc12. The molecule has 0 N–H and O–H groups in total. The second-order valence-electron chi connectivity index (χ2n) is 13.5. The summed E-state index contributed by atoms with van der Waals surface area (Å²) < 4.78 is 8.15. The van der Waals surface area contributed by atoms with E-state index in [4.69, 9.17) is 0 Å². The maximum Gasteiger partial charge on any atom is 0.0448 e. The summed E-state index contributed by atoms with van der Waals surface area (Å²) in [7, 11) is 0. The van der Waals surface area contributed by atoms with Gasteiger partial charge in [-0.2, -0.15) is 0 Å². The molecule has 0 fully saturated rings. The second kappa shape index (κ2) is 10.5. The largest absolute Gasteiger partial charge is 0.135 e. The Labute approximate surface area is 305 Å². The van der Waals surface area contributed by atoms with E-state index in [2.05, 4.69) is 158 Å². The predicted molar refractivity (Wildman–Crippen MR) is 228 cm³/mol. The predicted octanol–water partition coefficient (Wildman–Crippen LogP) is 15.6. The molecule has 0 radical (unpaired) electrons. The molecule has 0 nitrogen and oxygen atoms in total. The van der Waals surface area contributed by atoms with Crippen LogP contribution in [-0.4, -0.2) is 0 Å². The molecule has 0 aliphatic rings. The molecule has 0 atom stereocenters. The van der Waals surface area contributed by atoms with Crippen LogP contribution < -0.4 is 0 Å². The fourth-order valence-corrected chi connectivity index (χ4v) is 12.3. The first kappa shape index (κ1) is 28.2. The Hall–Kier alpha value is -5.58. The van der Waals surface area contributed by atoms with E-state index < -0.39 is 0 Å². The Morgan fingerprint density at radius 2 is 0.706 bits per heavy atom. The molecule has 51 heavy (non-hydrogen) atoms. The Morgan fingerprint density at radius 1 is 0.275 bits per heavy atom. The van der Waals surface area contributed by atoms with Crippen LogP contribution in [0.2, 0.25) is 0 Å². The van der Waals surface area contributed by atoms with Gasteiger partial charge >= 0.3 is 0 Å². The van der Waals surface area contributed by atoms with Gasteiger partial charge in [-0.05, 0) is 79.5 Å². The molecule has 12 rings (SSSR count). The van der Waals surface area contributed by atoms with Crippen LogP contribution in [0.15, 0.2) is 158 Å². The minimum absolute atomic E-state index is 1.27. The van der Waals surface area contributed by atoms with E-state index in [1.54, 1.807) is 0 Å². The summed E-state index contributed by atoms with van der Waals surface area (Å²) in [5.74, 6) is 0. The van der Waals surface area contributed by atoms with Crippen molar-refractivity contribution < 1.29 is 0 Å². The number of hydrogen-bond acceptors (Lipinski definition) is 3. The summed E-state index contributed by atoms with van der Waals surface area (Å²) >= 11 is 5.75. The topological polar surface area (TPSA) is 0 Å². The van der Waals surface area contributed by atoms with Crippen LogP contribution in [0.4, 0.5) is 0 Å². The van der Waals surface area contributed by atoms with Crippen molar-refractivity contribution in [2.75, 3.05) is 0 Å². The van der Waals surface area contributed by atoms with E-state index in [9.17, 15) is 0 Å². The van der Waals surface area contributed by atoms with Crippen LogP contribution in [0.5, 0.6) is 0 Å². The monoisotopic (exact) mass is 698 g/mol. The normalized spacial score (nSPS) is 12.3. The van der Waals surface area contributed by atoms with Gasteiger partial charge in [0.25, 0.3) is 0 Å². The highest BCUT2D eigenvalue weighted by molar-refractivity contribution is 7.29. The molecule has 0 saturated heterocycles. The smallest absolute Gasteiger partial charge is 0.0448 e. The number of fused-ring (bicyclic) bond motifs is 14. The summed E-state index contributed by atoms with van der Waals surface area (Å²) in [6.07, 6.45) is 0. The van der Waals surface area contributed by atoms with E-state index in [0.717, 1.165) is 0 Å². The summed E-state index contributed by atoms with van der Waals surface area (Å²) in [4.78, 5) is 0. The average molecular weight is 699 g/mol. The van der Waals surface area contributed by atoms with E-state index in [1.807, 2.05) is 34.0 Å². The molecule has 0 amide bonds. The van der Waals surface area contributed by atoms with Gasteiger partial charge in [-0.1, -0.05) is 127 Å². The molecule has 3 aromatic heterocycles. The molecule has 0 saturated carbocycles. The van der Waals surface area contributed by atoms with Gasteiger partial charge in [-0.3, -0.25) is 0 Å². The van der Waals surface area contributed by atoms with Crippen molar-refractivity contribution >= 4 is 127 Å². The Bertz CT molecular complexity index is 3370. The first-order valence-corrected chi connectivity index (χ1v) is 19.8. The quantitative estimate of drug-likeness (QED) is 0.158. The van der Waals surface area contributed by atoms with Crippen LogP contribution >= 0.6 is 34.0 Å². The highest BCUT2D eigenvalue weighted by Crippen LogP contribution is 2.49. The Balaban J connectivity index is 1.12. The molecular weight excluding hydrogens is 673 g/mol. The van der Waals surface area contributed by atoms with E-state index >= 15 is 0 Å². The van der Waals surface area contributed by atoms with Crippen molar-refractivity contribution in [3.05, 3.63) is 158 Å². The molecule has 3 heteroatoms. The zero-order valence-electron chi connectivity index (χ0n) is 27.2. The molecular formula is C48H26S3. The minimum atomic E-state index is 1.27. The zero-order valence-corrected chi connectivity index (χ0v) is 29.7. The van der Waals surface area contributed by atoms with Crippen molar-refractivity contribution in [3.63, 3.8) is 0 Å². The first-order chi connectivity index (χ1) is 25.3. The first-order valence-electron chi connectivity index (χ1n) is 17.3. The third kappa shape index (κ3) is 3.94. The number of thiophene rings is 3. The highest BCUT2D eigenvalue weighted by Gasteiger charge is 2.19. The Morgan fingerprint density at radius 3 is 1.33 bits per heavy atom. The maximum atomic E-state index is 2.46. The van der Waals surface area contributed by atoms with Gasteiger partial charge in [0.15, 0.2) is 0 Å². The van der Waals surface area contributed by atoms with Gasteiger partial charge in [0.2, 0.25) is 0 Å². The number of hydrogen-bond donors (Lipinski definition) is 0. The van der Waals surface area contributed by atoms with Crippen molar-refractivity contribution in [1.82, 2.24) is 0 Å². The van der Waals surface area contributed by atoms with Gasteiger partial charge in [0.1, 0.15) is 0 Å².